The van der Waals surface area contributed by atoms with E-state index in [4.69, 9.17) is 5.73 Å². The molecule has 1 rings (SSSR count). The Labute approximate surface area is 107 Å². The Morgan fingerprint density at radius 3 is 2.28 bits per heavy atom. The molecule has 1 aliphatic carbocycles. The highest BCUT2D eigenvalue weighted by atomic mass is 19.3. The number of nitrogens with two attached hydrogens (primary N) is 1. The Bertz CT molecular complexity index is 281. The van der Waals surface area contributed by atoms with Gasteiger partial charge in [0.2, 0.25) is 11.8 Å². The summed E-state index contributed by atoms with van der Waals surface area (Å²) in [7, 11) is 0. The predicted octanol–water partition coefficient (Wildman–Crippen LogP) is 2.45. The summed E-state index contributed by atoms with van der Waals surface area (Å²) >= 11 is 0. The van der Waals surface area contributed by atoms with E-state index in [2.05, 4.69) is 5.32 Å². The van der Waals surface area contributed by atoms with E-state index in [1.54, 1.807) is 0 Å². The number of carbonyl (C=O) groups is 1. The molecule has 18 heavy (non-hydrogen) atoms. The molecular weight excluding hydrogens is 238 g/mol. The normalized spacial score (nSPS) is 20.7. The summed E-state index contributed by atoms with van der Waals surface area (Å²) in [6.45, 7) is 4.39. The average Bonchev–Trinajstić information content (AvgIpc) is 2.35. The Morgan fingerprint density at radius 1 is 1.33 bits per heavy atom. The Hall–Kier alpha value is -0.710. The Kier molecular flexibility index (Phi) is 5.08. The van der Waals surface area contributed by atoms with Crippen molar-refractivity contribution >= 4 is 5.91 Å². The molecule has 0 aromatic heterocycles. The SMILES string of the molecule is CCC(N)(CC)CNC(=O)C1CCC(F)(F)CC1. The molecule has 0 bridgehead atoms. The molecule has 0 aliphatic heterocycles. The summed E-state index contributed by atoms with van der Waals surface area (Å²) in [4.78, 5) is 11.9. The van der Waals surface area contributed by atoms with Gasteiger partial charge in [0.1, 0.15) is 0 Å². The van der Waals surface area contributed by atoms with Crippen LogP contribution in [0.5, 0.6) is 0 Å². The van der Waals surface area contributed by atoms with Crippen molar-refractivity contribution in [2.45, 2.75) is 63.8 Å². The van der Waals surface area contributed by atoms with Gasteiger partial charge >= 0.3 is 0 Å². The molecule has 3 N–H and O–H groups in total. The zero-order chi connectivity index (χ0) is 13.8. The maximum Gasteiger partial charge on any atom is 0.248 e. The van der Waals surface area contributed by atoms with Crippen LogP contribution in [0.1, 0.15) is 52.4 Å². The molecule has 0 radical (unpaired) electrons. The molecule has 0 atom stereocenters. The number of carbonyl (C=O) groups excluding carboxylic acids is 1. The lowest BCUT2D eigenvalue weighted by atomic mass is 9.86. The van der Waals surface area contributed by atoms with Crippen LogP contribution in [0.3, 0.4) is 0 Å². The monoisotopic (exact) mass is 262 g/mol. The second-order valence-corrected chi connectivity index (χ2v) is 5.42. The summed E-state index contributed by atoms with van der Waals surface area (Å²) in [5.74, 6) is -2.98. The van der Waals surface area contributed by atoms with Crippen molar-refractivity contribution in [3.05, 3.63) is 0 Å². The maximum absolute atomic E-state index is 13.0. The minimum Gasteiger partial charge on any atom is -0.354 e. The van der Waals surface area contributed by atoms with E-state index < -0.39 is 5.92 Å². The van der Waals surface area contributed by atoms with Crippen LogP contribution in [0, 0.1) is 5.92 Å². The van der Waals surface area contributed by atoms with Gasteiger partial charge in [-0.3, -0.25) is 4.79 Å². The third kappa shape index (κ3) is 4.19. The number of hydrogen-bond donors (Lipinski definition) is 2. The predicted molar refractivity (Wildman–Crippen MR) is 67.4 cm³/mol. The van der Waals surface area contributed by atoms with Crippen LogP contribution in [-0.2, 0) is 4.79 Å². The third-order valence-corrected chi connectivity index (χ3v) is 4.11. The first-order valence-electron chi connectivity index (χ1n) is 6.76. The van der Waals surface area contributed by atoms with Crippen molar-refractivity contribution < 1.29 is 13.6 Å². The van der Waals surface area contributed by atoms with E-state index >= 15 is 0 Å². The van der Waals surface area contributed by atoms with E-state index in [1.807, 2.05) is 13.8 Å². The molecule has 0 aromatic rings. The minimum absolute atomic E-state index is 0.123. The van der Waals surface area contributed by atoms with Crippen LogP contribution < -0.4 is 11.1 Å². The molecular formula is C13H24F2N2O. The fourth-order valence-electron chi connectivity index (χ4n) is 2.21. The van der Waals surface area contributed by atoms with Gasteiger partial charge in [0, 0.05) is 30.8 Å². The summed E-state index contributed by atoms with van der Waals surface area (Å²) in [6.07, 6.45) is 1.75. The number of nitrogens with one attached hydrogen (secondary N) is 1. The van der Waals surface area contributed by atoms with Crippen LogP contribution in [0.4, 0.5) is 8.78 Å². The van der Waals surface area contributed by atoms with Gasteiger partial charge in [0.05, 0.1) is 0 Å². The number of hydrogen-bond acceptors (Lipinski definition) is 2. The summed E-state index contributed by atoms with van der Waals surface area (Å²) < 4.78 is 25.9. The molecule has 0 heterocycles. The standard InChI is InChI=1S/C13H24F2N2O/c1-3-12(16,4-2)9-17-11(18)10-5-7-13(14,15)8-6-10/h10H,3-9,16H2,1-2H3,(H,17,18). The smallest absolute Gasteiger partial charge is 0.248 e. The lowest BCUT2D eigenvalue weighted by Crippen LogP contribution is -2.50. The molecule has 0 unspecified atom stereocenters. The van der Waals surface area contributed by atoms with Crippen LogP contribution >= 0.6 is 0 Å². The van der Waals surface area contributed by atoms with Gasteiger partial charge in [0.25, 0.3) is 0 Å². The van der Waals surface area contributed by atoms with Crippen molar-refractivity contribution in [2.24, 2.45) is 11.7 Å². The van der Waals surface area contributed by atoms with Crippen LogP contribution in [-0.4, -0.2) is 23.9 Å². The summed E-state index contributed by atoms with van der Waals surface area (Å²) in [6, 6.07) is 0. The molecule has 1 aliphatic rings. The first-order valence-corrected chi connectivity index (χ1v) is 6.76. The largest absolute Gasteiger partial charge is 0.354 e. The van der Waals surface area contributed by atoms with Gasteiger partial charge in [-0.05, 0) is 25.7 Å². The second kappa shape index (κ2) is 5.95. The zero-order valence-corrected chi connectivity index (χ0v) is 11.3. The Balaban J connectivity index is 2.38. The van der Waals surface area contributed by atoms with Crippen molar-refractivity contribution in [1.29, 1.82) is 0 Å². The molecule has 3 nitrogen and oxygen atoms in total. The van der Waals surface area contributed by atoms with Gasteiger partial charge in [0.15, 0.2) is 0 Å². The zero-order valence-electron chi connectivity index (χ0n) is 11.3. The fraction of sp³-hybridized carbons (Fsp3) is 0.923. The lowest BCUT2D eigenvalue weighted by Gasteiger charge is -2.30. The molecule has 0 saturated heterocycles. The van der Waals surface area contributed by atoms with Crippen molar-refractivity contribution in [3.63, 3.8) is 0 Å². The second-order valence-electron chi connectivity index (χ2n) is 5.42. The molecule has 0 aromatic carbocycles. The molecule has 0 spiro atoms. The molecule has 1 saturated carbocycles. The number of halogens is 2. The van der Waals surface area contributed by atoms with E-state index in [0.29, 0.717) is 6.54 Å². The average molecular weight is 262 g/mol. The first kappa shape index (κ1) is 15.3. The van der Waals surface area contributed by atoms with Gasteiger partial charge in [-0.2, -0.15) is 0 Å². The first-order chi connectivity index (χ1) is 8.32. The highest BCUT2D eigenvalue weighted by Gasteiger charge is 2.37. The van der Waals surface area contributed by atoms with E-state index in [-0.39, 0.29) is 43.0 Å². The Morgan fingerprint density at radius 2 is 1.83 bits per heavy atom. The van der Waals surface area contributed by atoms with Crippen molar-refractivity contribution in [3.8, 4) is 0 Å². The molecule has 1 amide bonds. The van der Waals surface area contributed by atoms with Crippen molar-refractivity contribution in [1.82, 2.24) is 5.32 Å². The molecule has 1 fully saturated rings. The van der Waals surface area contributed by atoms with Crippen LogP contribution in [0.25, 0.3) is 0 Å². The van der Waals surface area contributed by atoms with Gasteiger partial charge < -0.3 is 11.1 Å². The third-order valence-electron chi connectivity index (χ3n) is 4.11. The van der Waals surface area contributed by atoms with Crippen LogP contribution in [0.15, 0.2) is 0 Å². The van der Waals surface area contributed by atoms with E-state index in [1.165, 1.54) is 0 Å². The van der Waals surface area contributed by atoms with Crippen LogP contribution in [0.2, 0.25) is 0 Å². The highest BCUT2D eigenvalue weighted by Crippen LogP contribution is 2.36. The summed E-state index contributed by atoms with van der Waals surface area (Å²) in [5.41, 5.74) is 5.70. The van der Waals surface area contributed by atoms with E-state index in [0.717, 1.165) is 12.8 Å². The van der Waals surface area contributed by atoms with E-state index in [9.17, 15) is 13.6 Å². The highest BCUT2D eigenvalue weighted by molar-refractivity contribution is 5.78. The fourth-order valence-corrected chi connectivity index (χ4v) is 2.21. The topological polar surface area (TPSA) is 55.1 Å². The molecule has 5 heteroatoms. The maximum atomic E-state index is 13.0. The quantitative estimate of drug-likeness (QED) is 0.799. The molecule has 106 valence electrons. The lowest BCUT2D eigenvalue weighted by molar-refractivity contribution is -0.129. The number of alkyl halides is 2. The number of rotatable bonds is 5. The van der Waals surface area contributed by atoms with Gasteiger partial charge in [-0.25, -0.2) is 8.78 Å². The number of amides is 1. The van der Waals surface area contributed by atoms with Crippen molar-refractivity contribution in [2.75, 3.05) is 6.54 Å². The summed E-state index contributed by atoms with van der Waals surface area (Å²) in [5, 5.41) is 2.81. The van der Waals surface area contributed by atoms with Gasteiger partial charge in [-0.1, -0.05) is 13.8 Å². The van der Waals surface area contributed by atoms with Gasteiger partial charge in [-0.15, -0.1) is 0 Å². The minimum atomic E-state index is -2.58.